The maximum atomic E-state index is 11.9. The van der Waals surface area contributed by atoms with Crippen molar-refractivity contribution in [2.24, 2.45) is 11.8 Å². The van der Waals surface area contributed by atoms with Crippen molar-refractivity contribution in [3.63, 3.8) is 0 Å². The molecule has 0 bridgehead atoms. The van der Waals surface area contributed by atoms with Crippen LogP contribution in [-0.2, 0) is 13.6 Å². The maximum absolute atomic E-state index is 11.9. The number of hydrogen-bond acceptors (Lipinski definition) is 3. The summed E-state index contributed by atoms with van der Waals surface area (Å²) in [6.45, 7) is 9.10. The van der Waals surface area contributed by atoms with Gasteiger partial charge in [0.2, 0.25) is 0 Å². The minimum absolute atomic E-state index is 0. The summed E-state index contributed by atoms with van der Waals surface area (Å²) < 4.78 is 22.2. The Bertz CT molecular complexity index is 271. The summed E-state index contributed by atoms with van der Waals surface area (Å²) in [5, 5.41) is 0. The van der Waals surface area contributed by atoms with Crippen LogP contribution in [0.5, 0.6) is 0 Å². The van der Waals surface area contributed by atoms with Gasteiger partial charge in [-0.15, -0.1) is 12.4 Å². The molecule has 23 heavy (non-hydrogen) atoms. The summed E-state index contributed by atoms with van der Waals surface area (Å²) in [5.74, 6) is 0.687. The van der Waals surface area contributed by atoms with Gasteiger partial charge >= 0.3 is 37.4 Å². The molecule has 0 saturated carbocycles. The van der Waals surface area contributed by atoms with Crippen LogP contribution in [0.15, 0.2) is 0 Å². The predicted molar refractivity (Wildman–Crippen MR) is 103 cm³/mol. The number of phosphoric ester groups is 1. The summed E-state index contributed by atoms with van der Waals surface area (Å²) in [6.07, 6.45) is 8.56. The van der Waals surface area contributed by atoms with Crippen molar-refractivity contribution < 1.29 is 18.5 Å². The van der Waals surface area contributed by atoms with Crippen molar-refractivity contribution in [3.05, 3.63) is 0 Å². The van der Waals surface area contributed by atoms with E-state index in [0.717, 1.165) is 51.4 Å². The number of hydrogen-bond donors (Lipinski definition) is 1. The summed E-state index contributed by atoms with van der Waals surface area (Å²) >= 11 is 0. The first-order valence-electron chi connectivity index (χ1n) is 8.60. The molecule has 0 amide bonds. The van der Waals surface area contributed by atoms with E-state index in [4.69, 9.17) is 9.05 Å². The first-order chi connectivity index (χ1) is 9.99. The van der Waals surface area contributed by atoms with E-state index >= 15 is 0 Å². The van der Waals surface area contributed by atoms with Gasteiger partial charge in [0.15, 0.2) is 0 Å². The van der Waals surface area contributed by atoms with Gasteiger partial charge in [-0.05, 0) is 24.7 Å². The van der Waals surface area contributed by atoms with Crippen molar-refractivity contribution >= 4 is 49.8 Å². The van der Waals surface area contributed by atoms with Crippen LogP contribution >= 0.6 is 20.2 Å². The van der Waals surface area contributed by atoms with Gasteiger partial charge in [0, 0.05) is 0 Å². The fourth-order valence-electron chi connectivity index (χ4n) is 2.23. The van der Waals surface area contributed by atoms with Gasteiger partial charge in [0.25, 0.3) is 0 Å². The molecule has 0 saturated heterocycles. The van der Waals surface area contributed by atoms with E-state index < -0.39 is 7.82 Å². The molecular weight excluding hydrogens is 346 g/mol. The average Bonchev–Trinajstić information content (AvgIpc) is 2.47. The normalized spacial score (nSPS) is 15.9. The molecule has 0 aliphatic carbocycles. The molecule has 1 N–H and O–H groups in total. The van der Waals surface area contributed by atoms with Gasteiger partial charge in [-0.2, -0.15) is 0 Å². The zero-order valence-electron chi connectivity index (χ0n) is 14.8. The molecule has 7 heteroatoms. The van der Waals surface area contributed by atoms with Crippen molar-refractivity contribution in [2.75, 3.05) is 13.2 Å². The van der Waals surface area contributed by atoms with Gasteiger partial charge in [-0.3, -0.25) is 9.05 Å². The summed E-state index contributed by atoms with van der Waals surface area (Å²) in [6, 6.07) is 0. The Morgan fingerprint density at radius 2 is 1.22 bits per heavy atom. The fourth-order valence-corrected chi connectivity index (χ4v) is 3.11. The van der Waals surface area contributed by atoms with Crippen molar-refractivity contribution in [3.8, 4) is 0 Å². The van der Waals surface area contributed by atoms with E-state index in [1.165, 1.54) is 0 Å². The van der Waals surface area contributed by atoms with Crippen LogP contribution in [0.1, 0.15) is 79.1 Å². The van der Waals surface area contributed by atoms with E-state index in [1.54, 1.807) is 0 Å². The van der Waals surface area contributed by atoms with E-state index in [0.29, 0.717) is 25.0 Å². The monoisotopic (exact) mass is 382 g/mol. The molecule has 4 nitrogen and oxygen atoms in total. The number of rotatable bonds is 14. The van der Waals surface area contributed by atoms with E-state index in [9.17, 15) is 9.46 Å². The summed E-state index contributed by atoms with van der Waals surface area (Å²) in [5.41, 5.74) is 0. The predicted octanol–water partition coefficient (Wildman–Crippen LogP) is 5.33. The average molecular weight is 383 g/mol. The Balaban J connectivity index is -0.00000200. The SMILES string of the molecule is CCCCC(CC)COP(=O)(O)OCC(CC)CCCC.Cl.[NaH]. The van der Waals surface area contributed by atoms with E-state index in [2.05, 4.69) is 27.7 Å². The van der Waals surface area contributed by atoms with Crippen molar-refractivity contribution in [1.29, 1.82) is 0 Å². The van der Waals surface area contributed by atoms with E-state index in [1.807, 2.05) is 0 Å². The quantitative estimate of drug-likeness (QED) is 0.326. The summed E-state index contributed by atoms with van der Waals surface area (Å²) in [7, 11) is -3.89. The Morgan fingerprint density at radius 1 is 0.870 bits per heavy atom. The minimum atomic E-state index is -3.89. The molecule has 0 aliphatic heterocycles. The second-order valence-electron chi connectivity index (χ2n) is 5.89. The van der Waals surface area contributed by atoms with Crippen LogP contribution in [-0.4, -0.2) is 47.7 Å². The van der Waals surface area contributed by atoms with E-state index in [-0.39, 0.29) is 42.0 Å². The molecule has 0 fully saturated rings. The molecule has 0 heterocycles. The van der Waals surface area contributed by atoms with Crippen LogP contribution in [0, 0.1) is 11.8 Å². The number of halogens is 1. The van der Waals surface area contributed by atoms with Gasteiger partial charge in [0.1, 0.15) is 0 Å². The topological polar surface area (TPSA) is 55.8 Å². The molecule has 0 spiro atoms. The Kier molecular flexibility index (Phi) is 23.1. The van der Waals surface area contributed by atoms with Crippen LogP contribution in [0.4, 0.5) is 0 Å². The van der Waals surface area contributed by atoms with Crippen LogP contribution in [0.3, 0.4) is 0 Å². The number of phosphoric acid groups is 1. The molecule has 0 radical (unpaired) electrons. The molecule has 2 unspecified atom stereocenters. The number of unbranched alkanes of at least 4 members (excludes halogenated alkanes) is 2. The van der Waals surface area contributed by atoms with Gasteiger partial charge in [-0.1, -0.05) is 66.2 Å². The van der Waals surface area contributed by atoms with Crippen LogP contribution < -0.4 is 0 Å². The molecule has 2 atom stereocenters. The van der Waals surface area contributed by atoms with Gasteiger partial charge in [0.05, 0.1) is 13.2 Å². The third-order valence-corrected chi connectivity index (χ3v) is 4.98. The molecule has 0 aromatic carbocycles. The molecule has 0 aliphatic rings. The van der Waals surface area contributed by atoms with Gasteiger partial charge in [-0.25, -0.2) is 4.57 Å². The third-order valence-electron chi connectivity index (χ3n) is 4.03. The second-order valence-corrected chi connectivity index (χ2v) is 7.35. The Morgan fingerprint density at radius 3 is 1.48 bits per heavy atom. The first-order valence-corrected chi connectivity index (χ1v) is 10.1. The summed E-state index contributed by atoms with van der Waals surface area (Å²) in [4.78, 5) is 9.77. The standard InChI is InChI=1S/C16H35O4P.ClH.Na.H/c1-5-9-11-15(7-3)13-19-21(17,18)20-14-16(8-4)12-10-6-2;;;/h15-16H,5-14H2,1-4H3,(H,17,18);1H;;. The fraction of sp³-hybridized carbons (Fsp3) is 1.00. The zero-order chi connectivity index (χ0) is 16.1. The molecule has 0 aromatic heterocycles. The molecular formula is C16H37ClNaO4P. The van der Waals surface area contributed by atoms with Crippen LogP contribution in [0.25, 0.3) is 0 Å². The van der Waals surface area contributed by atoms with Crippen molar-refractivity contribution in [1.82, 2.24) is 0 Å². The molecule has 0 rings (SSSR count). The van der Waals surface area contributed by atoms with Crippen LogP contribution in [0.2, 0.25) is 0 Å². The zero-order valence-corrected chi connectivity index (χ0v) is 16.5. The molecule has 138 valence electrons. The van der Waals surface area contributed by atoms with Crippen molar-refractivity contribution in [2.45, 2.75) is 79.1 Å². The van der Waals surface area contributed by atoms with Gasteiger partial charge < -0.3 is 4.89 Å². The second kappa shape index (κ2) is 18.2. The Labute approximate surface area is 171 Å². The third kappa shape index (κ3) is 16.6. The first kappa shape index (κ1) is 29.2. The Hall–Kier alpha value is 1.40. The molecule has 0 aromatic rings.